The molecule has 300 valence electrons. The van der Waals surface area contributed by atoms with Gasteiger partial charge in [0.05, 0.1) is 38.8 Å². The Morgan fingerprint density at radius 1 is 0.250 bits per heavy atom. The molecule has 3 nitrogen and oxygen atoms in total. The summed E-state index contributed by atoms with van der Waals surface area (Å²) in [6.45, 7) is 0. The number of rotatable bonds is 7. The molecule has 0 saturated carbocycles. The summed E-state index contributed by atoms with van der Waals surface area (Å²) in [5.41, 5.74) is 10.6. The molecule has 0 fully saturated rings. The highest BCUT2D eigenvalue weighted by atomic mass is 28.3. The maximum atomic E-state index is 2.55. The first-order chi connectivity index (χ1) is 31.8. The van der Waals surface area contributed by atoms with Crippen LogP contribution in [0.3, 0.4) is 0 Å². The van der Waals surface area contributed by atoms with E-state index in [0.29, 0.717) is 0 Å². The number of benzene rings is 10. The minimum atomic E-state index is -2.90. The van der Waals surface area contributed by atoms with E-state index in [1.807, 2.05) is 0 Å². The lowest BCUT2D eigenvalue weighted by atomic mass is 10.1. The Kier molecular flexibility index (Phi) is 8.23. The van der Waals surface area contributed by atoms with Crippen molar-refractivity contribution in [3.8, 4) is 17.1 Å². The van der Waals surface area contributed by atoms with E-state index >= 15 is 0 Å². The van der Waals surface area contributed by atoms with Gasteiger partial charge in [0.25, 0.3) is 0 Å². The zero-order valence-corrected chi connectivity index (χ0v) is 36.0. The second-order valence-corrected chi connectivity index (χ2v) is 20.6. The summed E-state index contributed by atoms with van der Waals surface area (Å²) in [7, 11) is -2.90. The van der Waals surface area contributed by atoms with Crippen molar-refractivity contribution in [2.24, 2.45) is 0 Å². The molecule has 0 aliphatic heterocycles. The Labute approximate surface area is 372 Å². The van der Waals surface area contributed by atoms with E-state index < -0.39 is 8.07 Å². The van der Waals surface area contributed by atoms with Crippen LogP contribution in [0.4, 0.5) is 0 Å². The topological polar surface area (TPSA) is 14.8 Å². The van der Waals surface area contributed by atoms with Crippen molar-refractivity contribution in [2.75, 3.05) is 0 Å². The first-order valence-corrected chi connectivity index (χ1v) is 24.1. The van der Waals surface area contributed by atoms with Gasteiger partial charge >= 0.3 is 0 Å². The predicted molar refractivity (Wildman–Crippen MR) is 273 cm³/mol. The Morgan fingerprint density at radius 3 is 1.25 bits per heavy atom. The average Bonchev–Trinajstić information content (AvgIpc) is 4.01. The highest BCUT2D eigenvalue weighted by Gasteiger charge is 2.43. The van der Waals surface area contributed by atoms with Gasteiger partial charge in [0.15, 0.2) is 8.07 Å². The molecule has 0 bridgehead atoms. The fourth-order valence-electron chi connectivity index (χ4n) is 11.0. The second kappa shape index (κ2) is 14.5. The van der Waals surface area contributed by atoms with Crippen molar-refractivity contribution < 1.29 is 0 Å². The van der Waals surface area contributed by atoms with Crippen LogP contribution in [0.1, 0.15) is 0 Å². The van der Waals surface area contributed by atoms with E-state index in [1.54, 1.807) is 0 Å². The summed E-state index contributed by atoms with van der Waals surface area (Å²) in [5.74, 6) is 0. The molecule has 0 radical (unpaired) electrons. The van der Waals surface area contributed by atoms with Crippen LogP contribution in [0, 0.1) is 0 Å². The SMILES string of the molecule is c1ccc(-n2c3cc(-n4c5ccccc5c5ccccc54)ccc3c3c(-n4c5ccccc5c5c([Si](c6ccccc6)(c6ccccc6)c6ccccc6)cccc54)cccc32)cc1. The summed E-state index contributed by atoms with van der Waals surface area (Å²) in [5, 5.41) is 13.0. The van der Waals surface area contributed by atoms with Gasteiger partial charge in [-0.3, -0.25) is 0 Å². The van der Waals surface area contributed by atoms with Crippen LogP contribution in [0.25, 0.3) is 82.5 Å². The summed E-state index contributed by atoms with van der Waals surface area (Å²) < 4.78 is 7.43. The van der Waals surface area contributed by atoms with E-state index in [2.05, 4.69) is 262 Å². The first-order valence-electron chi connectivity index (χ1n) is 22.1. The maximum Gasteiger partial charge on any atom is 0.180 e. The molecule has 64 heavy (non-hydrogen) atoms. The van der Waals surface area contributed by atoms with Crippen molar-refractivity contribution >= 4 is 94.2 Å². The summed E-state index contributed by atoms with van der Waals surface area (Å²) >= 11 is 0. The Hall–Kier alpha value is -8.18. The lowest BCUT2D eigenvalue weighted by Gasteiger charge is -2.35. The third-order valence-electron chi connectivity index (χ3n) is 13.6. The number of hydrogen-bond acceptors (Lipinski definition) is 0. The molecule has 13 rings (SSSR count). The third-order valence-corrected chi connectivity index (χ3v) is 18.4. The summed E-state index contributed by atoms with van der Waals surface area (Å²) in [4.78, 5) is 0. The van der Waals surface area contributed by atoms with Gasteiger partial charge in [0.1, 0.15) is 0 Å². The van der Waals surface area contributed by atoms with Crippen molar-refractivity contribution in [3.05, 3.63) is 249 Å². The minimum Gasteiger partial charge on any atom is -0.309 e. The van der Waals surface area contributed by atoms with Crippen LogP contribution >= 0.6 is 0 Å². The van der Waals surface area contributed by atoms with Crippen molar-refractivity contribution in [2.45, 2.75) is 0 Å². The Bertz CT molecular complexity index is 3730. The van der Waals surface area contributed by atoms with Crippen LogP contribution in [-0.2, 0) is 0 Å². The van der Waals surface area contributed by atoms with Crippen LogP contribution in [0.15, 0.2) is 249 Å². The Balaban J connectivity index is 1.14. The van der Waals surface area contributed by atoms with Crippen LogP contribution in [0.2, 0.25) is 0 Å². The molecule has 0 saturated heterocycles. The molecule has 0 unspecified atom stereocenters. The number of hydrogen-bond donors (Lipinski definition) is 0. The second-order valence-electron chi connectivity index (χ2n) is 16.8. The normalized spacial score (nSPS) is 12.1. The molecule has 3 aromatic heterocycles. The molecule has 0 spiro atoms. The molecule has 0 amide bonds. The fraction of sp³-hybridized carbons (Fsp3) is 0. The highest BCUT2D eigenvalue weighted by molar-refractivity contribution is 7.20. The van der Waals surface area contributed by atoms with E-state index in [9.17, 15) is 0 Å². The molecule has 0 aliphatic rings. The highest BCUT2D eigenvalue weighted by Crippen LogP contribution is 2.41. The molecular weight excluding hydrogens is 791 g/mol. The lowest BCUT2D eigenvalue weighted by molar-refractivity contribution is 1.15. The quantitative estimate of drug-likeness (QED) is 0.112. The Morgan fingerprint density at radius 2 is 0.672 bits per heavy atom. The zero-order valence-electron chi connectivity index (χ0n) is 35.0. The third kappa shape index (κ3) is 5.21. The van der Waals surface area contributed by atoms with Gasteiger partial charge < -0.3 is 13.7 Å². The van der Waals surface area contributed by atoms with Crippen LogP contribution in [-0.4, -0.2) is 21.8 Å². The number of para-hydroxylation sites is 4. The number of aromatic nitrogens is 3. The van der Waals surface area contributed by atoms with Crippen molar-refractivity contribution in [1.29, 1.82) is 0 Å². The van der Waals surface area contributed by atoms with Gasteiger partial charge in [-0.1, -0.05) is 188 Å². The monoisotopic (exact) mass is 831 g/mol. The average molecular weight is 832 g/mol. The molecule has 0 aliphatic carbocycles. The molecule has 3 heterocycles. The maximum absolute atomic E-state index is 2.90. The van der Waals surface area contributed by atoms with Gasteiger partial charge in [-0.15, -0.1) is 0 Å². The summed E-state index contributed by atoms with van der Waals surface area (Å²) in [6, 6.07) is 92.3. The van der Waals surface area contributed by atoms with E-state index in [0.717, 1.165) is 22.6 Å². The standard InChI is InChI=1S/C60H41N3Si/c1-5-21-42(22-6-1)61-54-35-19-36-55(59(54)50-40-39-43(41-57(50)61)62-51-32-16-13-29-47(51)48-30-14-17-33-52(48)62)63-53-34-18-15-31-49(53)60-56(63)37-20-38-58(60)64(44-23-7-2-8-24-44,45-25-9-3-10-26-45)46-27-11-4-12-28-46/h1-41H. The lowest BCUT2D eigenvalue weighted by Crippen LogP contribution is -2.74. The van der Waals surface area contributed by atoms with Crippen LogP contribution in [0.5, 0.6) is 0 Å². The van der Waals surface area contributed by atoms with E-state index in [-0.39, 0.29) is 0 Å². The van der Waals surface area contributed by atoms with Crippen molar-refractivity contribution in [1.82, 2.24) is 13.7 Å². The van der Waals surface area contributed by atoms with Gasteiger partial charge in [0, 0.05) is 43.7 Å². The van der Waals surface area contributed by atoms with Gasteiger partial charge in [-0.05, 0) is 81.4 Å². The fourth-order valence-corrected chi connectivity index (χ4v) is 16.0. The predicted octanol–water partition coefficient (Wildman–Crippen LogP) is 12.4. The zero-order chi connectivity index (χ0) is 42.2. The van der Waals surface area contributed by atoms with E-state index in [1.165, 1.54) is 80.6 Å². The van der Waals surface area contributed by atoms with Gasteiger partial charge in [-0.25, -0.2) is 0 Å². The molecule has 0 atom stereocenters. The molecule has 4 heteroatoms. The molecule has 13 aromatic rings. The largest absolute Gasteiger partial charge is 0.309 e. The number of fused-ring (bicyclic) bond motifs is 9. The van der Waals surface area contributed by atoms with Gasteiger partial charge in [-0.2, -0.15) is 0 Å². The smallest absolute Gasteiger partial charge is 0.180 e. The van der Waals surface area contributed by atoms with E-state index in [4.69, 9.17) is 0 Å². The molecular formula is C60H41N3Si. The van der Waals surface area contributed by atoms with Crippen LogP contribution < -0.4 is 20.7 Å². The molecule has 10 aromatic carbocycles. The number of nitrogens with zero attached hydrogens (tertiary/aromatic N) is 3. The molecule has 0 N–H and O–H groups in total. The van der Waals surface area contributed by atoms with Gasteiger partial charge in [0.2, 0.25) is 0 Å². The summed E-state index contributed by atoms with van der Waals surface area (Å²) in [6.07, 6.45) is 0. The van der Waals surface area contributed by atoms with Crippen molar-refractivity contribution in [3.63, 3.8) is 0 Å². The minimum absolute atomic E-state index is 1.13. The first kappa shape index (κ1) is 36.5.